The summed E-state index contributed by atoms with van der Waals surface area (Å²) in [6, 6.07) is 1.74. The molecule has 0 unspecified atom stereocenters. The summed E-state index contributed by atoms with van der Waals surface area (Å²) < 4.78 is 33.9. The van der Waals surface area contributed by atoms with E-state index < -0.39 is 10.0 Å². The van der Waals surface area contributed by atoms with Gasteiger partial charge in [0.25, 0.3) is 5.91 Å². The maximum absolute atomic E-state index is 13.5. The summed E-state index contributed by atoms with van der Waals surface area (Å²) in [5, 5.41) is 0. The summed E-state index contributed by atoms with van der Waals surface area (Å²) >= 11 is 0. The van der Waals surface area contributed by atoms with Crippen LogP contribution in [-0.4, -0.2) is 49.7 Å². The average Bonchev–Trinajstić information content (AvgIpc) is 3.02. The van der Waals surface area contributed by atoms with E-state index in [1.54, 1.807) is 17.9 Å². The van der Waals surface area contributed by atoms with Gasteiger partial charge in [0.2, 0.25) is 10.0 Å². The van der Waals surface area contributed by atoms with Crippen LogP contribution in [0, 0.1) is 48.5 Å². The normalized spacial score (nSPS) is 15.8. The molecule has 29 heavy (non-hydrogen) atoms. The zero-order valence-corrected chi connectivity index (χ0v) is 19.2. The van der Waals surface area contributed by atoms with Crippen molar-refractivity contribution < 1.29 is 17.6 Å². The minimum atomic E-state index is -3.63. The van der Waals surface area contributed by atoms with Gasteiger partial charge < -0.3 is 9.32 Å². The Morgan fingerprint density at radius 1 is 0.828 bits per heavy atom. The minimum Gasteiger partial charge on any atom is -0.466 e. The summed E-state index contributed by atoms with van der Waals surface area (Å²) in [7, 11) is -3.63. The molecule has 2 aromatic rings. The number of furan rings is 1. The quantitative estimate of drug-likeness (QED) is 0.764. The average molecular weight is 419 g/mol. The molecule has 158 valence electrons. The van der Waals surface area contributed by atoms with E-state index in [4.69, 9.17) is 4.42 Å². The van der Waals surface area contributed by atoms with Crippen LogP contribution in [0.4, 0.5) is 0 Å². The van der Waals surface area contributed by atoms with E-state index >= 15 is 0 Å². The number of piperazine rings is 1. The van der Waals surface area contributed by atoms with E-state index in [0.717, 1.165) is 27.8 Å². The number of hydrogen-bond acceptors (Lipinski definition) is 4. The molecule has 1 aromatic carbocycles. The molecule has 0 spiro atoms. The topological polar surface area (TPSA) is 70.8 Å². The summed E-state index contributed by atoms with van der Waals surface area (Å²) in [6.07, 6.45) is 0. The molecule has 0 bridgehead atoms. The van der Waals surface area contributed by atoms with Gasteiger partial charge in [-0.15, -0.1) is 0 Å². The second-order valence-corrected chi connectivity index (χ2v) is 9.85. The lowest BCUT2D eigenvalue weighted by Gasteiger charge is -2.35. The summed E-state index contributed by atoms with van der Waals surface area (Å²) in [5.74, 6) is 1.19. The van der Waals surface area contributed by atoms with Gasteiger partial charge in [0.15, 0.2) is 0 Å². The second-order valence-electron chi connectivity index (χ2n) is 7.98. The number of carbonyl (C=O) groups is 1. The van der Waals surface area contributed by atoms with E-state index in [0.29, 0.717) is 35.1 Å². The molecule has 6 nitrogen and oxygen atoms in total. The third-order valence-corrected chi connectivity index (χ3v) is 8.50. The molecule has 3 rings (SSSR count). The van der Waals surface area contributed by atoms with Crippen LogP contribution in [0.2, 0.25) is 0 Å². The lowest BCUT2D eigenvalue weighted by molar-refractivity contribution is 0.0696. The molecule has 1 fully saturated rings. The van der Waals surface area contributed by atoms with E-state index in [1.165, 1.54) is 4.31 Å². The minimum absolute atomic E-state index is 0.106. The zero-order chi connectivity index (χ0) is 21.7. The number of carbonyl (C=O) groups excluding carboxylic acids is 1. The van der Waals surface area contributed by atoms with Crippen LogP contribution in [0.1, 0.15) is 49.7 Å². The highest BCUT2D eigenvalue weighted by atomic mass is 32.2. The molecule has 1 amide bonds. The van der Waals surface area contributed by atoms with E-state index in [-0.39, 0.29) is 19.0 Å². The number of sulfonamides is 1. The molecule has 0 atom stereocenters. The van der Waals surface area contributed by atoms with E-state index in [1.807, 2.05) is 41.5 Å². The molecule has 2 heterocycles. The summed E-state index contributed by atoms with van der Waals surface area (Å²) in [4.78, 5) is 14.9. The molecule has 1 aromatic heterocycles. The van der Waals surface area contributed by atoms with Crippen molar-refractivity contribution >= 4 is 15.9 Å². The van der Waals surface area contributed by atoms with Crippen LogP contribution < -0.4 is 0 Å². The van der Waals surface area contributed by atoms with E-state index in [9.17, 15) is 13.2 Å². The smallest absolute Gasteiger partial charge is 0.257 e. The van der Waals surface area contributed by atoms with Crippen molar-refractivity contribution in [1.29, 1.82) is 0 Å². The van der Waals surface area contributed by atoms with Gasteiger partial charge >= 0.3 is 0 Å². The number of nitrogens with zero attached hydrogens (tertiary/aromatic N) is 2. The molecule has 1 aliphatic rings. The molecule has 0 N–H and O–H groups in total. The van der Waals surface area contributed by atoms with E-state index in [2.05, 4.69) is 0 Å². The van der Waals surface area contributed by atoms with Gasteiger partial charge in [-0.1, -0.05) is 0 Å². The first-order valence-electron chi connectivity index (χ1n) is 9.90. The number of rotatable bonds is 3. The van der Waals surface area contributed by atoms with Gasteiger partial charge in [-0.3, -0.25) is 4.79 Å². The predicted octanol–water partition coefficient (Wildman–Crippen LogP) is 3.59. The number of amides is 1. The van der Waals surface area contributed by atoms with Crippen LogP contribution in [0.25, 0.3) is 0 Å². The summed E-state index contributed by atoms with van der Waals surface area (Å²) in [5.41, 5.74) is 5.36. The molecule has 1 aliphatic heterocycles. The van der Waals surface area contributed by atoms with Crippen LogP contribution in [0.15, 0.2) is 15.4 Å². The van der Waals surface area contributed by atoms with Crippen molar-refractivity contribution in [3.63, 3.8) is 0 Å². The van der Waals surface area contributed by atoms with Crippen molar-refractivity contribution in [2.24, 2.45) is 0 Å². The second kappa shape index (κ2) is 7.61. The molecule has 1 saturated heterocycles. The Hall–Kier alpha value is -2.12. The lowest BCUT2D eigenvalue weighted by atomic mass is 9.95. The molecule has 0 aliphatic carbocycles. The Morgan fingerprint density at radius 3 is 1.76 bits per heavy atom. The Kier molecular flexibility index (Phi) is 5.66. The highest BCUT2D eigenvalue weighted by Gasteiger charge is 2.34. The number of hydrogen-bond donors (Lipinski definition) is 0. The highest BCUT2D eigenvalue weighted by Crippen LogP contribution is 2.32. The Labute approximate surface area is 173 Å². The largest absolute Gasteiger partial charge is 0.466 e. The molecule has 0 saturated carbocycles. The fraction of sp³-hybridized carbons (Fsp3) is 0.500. The van der Waals surface area contributed by atoms with Gasteiger partial charge in [0.05, 0.1) is 10.5 Å². The maximum atomic E-state index is 13.5. The highest BCUT2D eigenvalue weighted by molar-refractivity contribution is 7.89. The van der Waals surface area contributed by atoms with Crippen LogP contribution in [0.3, 0.4) is 0 Å². The molecular formula is C22H30N2O4S. The standard InChI is InChI=1S/C22H30N2O4S/c1-13-12-20(19(7)28-13)22(25)23-8-10-24(11-9-23)29(26,27)21-17(5)15(3)14(2)16(4)18(21)6/h12H,8-11H2,1-7H3. The van der Waals surface area contributed by atoms with Gasteiger partial charge in [0.1, 0.15) is 11.5 Å². The number of aryl methyl sites for hydroxylation is 2. The molecule has 7 heteroatoms. The fourth-order valence-electron chi connectivity index (χ4n) is 4.13. The van der Waals surface area contributed by atoms with Crippen molar-refractivity contribution in [3.05, 3.63) is 51.0 Å². The monoisotopic (exact) mass is 418 g/mol. The predicted molar refractivity (Wildman–Crippen MR) is 113 cm³/mol. The van der Waals surface area contributed by atoms with Crippen LogP contribution in [0.5, 0.6) is 0 Å². The van der Waals surface area contributed by atoms with Gasteiger partial charge in [0, 0.05) is 26.2 Å². The Balaban J connectivity index is 1.84. The van der Waals surface area contributed by atoms with Crippen molar-refractivity contribution in [2.75, 3.05) is 26.2 Å². The Morgan fingerprint density at radius 2 is 1.31 bits per heavy atom. The van der Waals surface area contributed by atoms with Gasteiger partial charge in [-0.2, -0.15) is 4.31 Å². The molecular weight excluding hydrogens is 388 g/mol. The van der Waals surface area contributed by atoms with Gasteiger partial charge in [-0.25, -0.2) is 8.42 Å². The first-order chi connectivity index (χ1) is 13.5. The van der Waals surface area contributed by atoms with Crippen molar-refractivity contribution in [3.8, 4) is 0 Å². The third-order valence-electron chi connectivity index (χ3n) is 6.33. The third kappa shape index (κ3) is 3.62. The van der Waals surface area contributed by atoms with Crippen LogP contribution >= 0.6 is 0 Å². The van der Waals surface area contributed by atoms with Crippen molar-refractivity contribution in [2.45, 2.75) is 53.4 Å². The van der Waals surface area contributed by atoms with Gasteiger partial charge in [-0.05, 0) is 82.3 Å². The summed E-state index contributed by atoms with van der Waals surface area (Å²) in [6.45, 7) is 14.6. The first kappa shape index (κ1) is 21.6. The number of benzene rings is 1. The first-order valence-corrected chi connectivity index (χ1v) is 11.3. The SMILES string of the molecule is Cc1cc(C(=O)N2CCN(S(=O)(=O)c3c(C)c(C)c(C)c(C)c3C)CC2)c(C)o1. The zero-order valence-electron chi connectivity index (χ0n) is 18.3. The maximum Gasteiger partial charge on any atom is 0.257 e. The van der Waals surface area contributed by atoms with Crippen molar-refractivity contribution in [1.82, 2.24) is 9.21 Å². The fourth-order valence-corrected chi connectivity index (χ4v) is 6.11. The Bertz CT molecular complexity index is 1050. The van der Waals surface area contributed by atoms with Crippen LogP contribution in [-0.2, 0) is 10.0 Å². The lowest BCUT2D eigenvalue weighted by Crippen LogP contribution is -2.50. The molecule has 0 radical (unpaired) electrons.